The standard InChI is InChI=1S/C19H17NO4/c1-19-15-10-7-8-20(19)18(22)24-17(19)12-6-4-3-5-11(12)14(15)16(21)13(9-10)23-2/h3-6,9,17,21H,7-8H2,1-2H3/t17-,19-/m0/s1. The van der Waals surface area contributed by atoms with Gasteiger partial charge in [0.15, 0.2) is 17.6 Å². The fraction of sp³-hybridized carbons (Fsp3) is 0.316. The number of methoxy groups -OCH3 is 1. The highest BCUT2D eigenvalue weighted by atomic mass is 16.6. The van der Waals surface area contributed by atoms with Crippen LogP contribution in [0.3, 0.4) is 0 Å². The van der Waals surface area contributed by atoms with Gasteiger partial charge in [-0.1, -0.05) is 24.3 Å². The molecule has 24 heavy (non-hydrogen) atoms. The van der Waals surface area contributed by atoms with E-state index >= 15 is 0 Å². The van der Waals surface area contributed by atoms with Gasteiger partial charge in [-0.25, -0.2) is 4.79 Å². The maximum atomic E-state index is 12.5. The number of carbonyl (C=O) groups is 1. The molecule has 0 radical (unpaired) electrons. The van der Waals surface area contributed by atoms with Crippen LogP contribution in [0.5, 0.6) is 11.5 Å². The van der Waals surface area contributed by atoms with E-state index in [4.69, 9.17) is 9.47 Å². The van der Waals surface area contributed by atoms with Gasteiger partial charge >= 0.3 is 6.09 Å². The molecule has 5 rings (SSSR count). The van der Waals surface area contributed by atoms with Crippen molar-refractivity contribution in [2.24, 2.45) is 0 Å². The van der Waals surface area contributed by atoms with Gasteiger partial charge in [-0.3, -0.25) is 4.90 Å². The number of aromatic hydroxyl groups is 1. The molecule has 5 nitrogen and oxygen atoms in total. The molecule has 3 aliphatic rings. The van der Waals surface area contributed by atoms with Crippen molar-refractivity contribution in [1.82, 2.24) is 4.90 Å². The highest BCUT2D eigenvalue weighted by Crippen LogP contribution is 2.61. The lowest BCUT2D eigenvalue weighted by molar-refractivity contribution is 0.0985. The minimum Gasteiger partial charge on any atom is -0.504 e. The van der Waals surface area contributed by atoms with Gasteiger partial charge in [0.05, 0.1) is 7.11 Å². The topological polar surface area (TPSA) is 59.0 Å². The van der Waals surface area contributed by atoms with Crippen molar-refractivity contribution in [1.29, 1.82) is 0 Å². The first-order valence-electron chi connectivity index (χ1n) is 8.08. The highest BCUT2D eigenvalue weighted by Gasteiger charge is 2.59. The second-order valence-corrected chi connectivity index (χ2v) is 6.74. The Hall–Kier alpha value is -2.69. The zero-order valence-electron chi connectivity index (χ0n) is 13.5. The van der Waals surface area contributed by atoms with Crippen LogP contribution in [0.1, 0.15) is 29.7 Å². The summed E-state index contributed by atoms with van der Waals surface area (Å²) in [5.41, 5.74) is 4.10. The van der Waals surface area contributed by atoms with Crippen molar-refractivity contribution in [2.45, 2.75) is 25.0 Å². The van der Waals surface area contributed by atoms with Crippen molar-refractivity contribution in [3.63, 3.8) is 0 Å². The molecule has 1 N–H and O–H groups in total. The van der Waals surface area contributed by atoms with Crippen molar-refractivity contribution in [2.75, 3.05) is 13.7 Å². The van der Waals surface area contributed by atoms with Crippen molar-refractivity contribution in [3.8, 4) is 22.6 Å². The van der Waals surface area contributed by atoms with Crippen LogP contribution >= 0.6 is 0 Å². The molecule has 2 heterocycles. The number of ether oxygens (including phenoxy) is 2. The second kappa shape index (κ2) is 4.23. The first kappa shape index (κ1) is 13.7. The smallest absolute Gasteiger partial charge is 0.411 e. The molecule has 1 amide bonds. The van der Waals surface area contributed by atoms with Gasteiger partial charge in [0.25, 0.3) is 0 Å². The summed E-state index contributed by atoms with van der Waals surface area (Å²) in [7, 11) is 1.56. The third-order valence-corrected chi connectivity index (χ3v) is 5.70. The zero-order chi connectivity index (χ0) is 16.6. The predicted octanol–water partition coefficient (Wildman–Crippen LogP) is 3.35. The van der Waals surface area contributed by atoms with Gasteiger partial charge in [0.1, 0.15) is 5.54 Å². The third-order valence-electron chi connectivity index (χ3n) is 5.70. The van der Waals surface area contributed by atoms with Crippen molar-refractivity contribution < 1.29 is 19.4 Å². The normalized spacial score (nSPS) is 25.8. The van der Waals surface area contributed by atoms with Gasteiger partial charge in [-0.05, 0) is 36.1 Å². The number of benzene rings is 2. The lowest BCUT2D eigenvalue weighted by Crippen LogP contribution is -2.49. The number of amides is 1. The molecule has 2 aromatic rings. The first-order valence-corrected chi connectivity index (χ1v) is 8.08. The van der Waals surface area contributed by atoms with Gasteiger partial charge in [-0.2, -0.15) is 0 Å². The third kappa shape index (κ3) is 1.35. The molecule has 1 aliphatic carbocycles. The van der Waals surface area contributed by atoms with E-state index in [2.05, 4.69) is 0 Å². The number of carbonyl (C=O) groups excluding carboxylic acids is 1. The monoisotopic (exact) mass is 323 g/mol. The zero-order valence-corrected chi connectivity index (χ0v) is 13.5. The minimum absolute atomic E-state index is 0.129. The van der Waals surface area contributed by atoms with Gasteiger partial charge in [0.2, 0.25) is 0 Å². The summed E-state index contributed by atoms with van der Waals surface area (Å²) in [6.45, 7) is 2.64. The van der Waals surface area contributed by atoms with Crippen LogP contribution in [0.2, 0.25) is 0 Å². The molecule has 0 spiro atoms. The predicted molar refractivity (Wildman–Crippen MR) is 87.1 cm³/mol. The Kier molecular flexibility index (Phi) is 2.42. The number of rotatable bonds is 1. The average Bonchev–Trinajstić information content (AvgIpc) is 2.86. The molecule has 0 bridgehead atoms. The molecule has 0 saturated carbocycles. The fourth-order valence-corrected chi connectivity index (χ4v) is 4.65. The molecule has 0 aromatic heterocycles. The molecule has 2 aliphatic heterocycles. The number of hydrogen-bond acceptors (Lipinski definition) is 4. The maximum absolute atomic E-state index is 12.5. The molecule has 5 heteroatoms. The minimum atomic E-state index is -0.599. The van der Waals surface area contributed by atoms with Crippen molar-refractivity contribution in [3.05, 3.63) is 47.0 Å². The summed E-state index contributed by atoms with van der Waals surface area (Å²) in [5, 5.41) is 10.8. The van der Waals surface area contributed by atoms with E-state index in [1.54, 1.807) is 12.0 Å². The maximum Gasteiger partial charge on any atom is 0.411 e. The molecule has 0 unspecified atom stereocenters. The quantitative estimate of drug-likeness (QED) is 0.874. The van der Waals surface area contributed by atoms with Crippen LogP contribution in [0.15, 0.2) is 30.3 Å². The van der Waals surface area contributed by atoms with Crippen LogP contribution in [0.4, 0.5) is 4.79 Å². The van der Waals surface area contributed by atoms with Gasteiger partial charge in [0, 0.05) is 17.7 Å². The Morgan fingerprint density at radius 2 is 2.17 bits per heavy atom. The lowest BCUT2D eigenvalue weighted by atomic mass is 9.68. The van der Waals surface area contributed by atoms with E-state index in [1.807, 2.05) is 37.3 Å². The number of phenols is 1. The Labute approximate surface area is 139 Å². The van der Waals surface area contributed by atoms with E-state index in [1.165, 1.54) is 0 Å². The van der Waals surface area contributed by atoms with Gasteiger partial charge in [-0.15, -0.1) is 0 Å². The number of hydrogen-bond donors (Lipinski definition) is 1. The summed E-state index contributed by atoms with van der Waals surface area (Å²) >= 11 is 0. The highest BCUT2D eigenvalue weighted by molar-refractivity contribution is 5.88. The number of phenolic OH excluding ortho intramolecular Hbond substituents is 1. The van der Waals surface area contributed by atoms with Crippen LogP contribution in [-0.2, 0) is 16.7 Å². The van der Waals surface area contributed by atoms with Gasteiger partial charge < -0.3 is 14.6 Å². The second-order valence-electron chi connectivity index (χ2n) is 6.74. The van der Waals surface area contributed by atoms with Crippen LogP contribution in [0, 0.1) is 0 Å². The lowest BCUT2D eigenvalue weighted by Gasteiger charge is -2.45. The molecule has 1 fully saturated rings. The first-order chi connectivity index (χ1) is 11.6. The number of fused-ring (bicyclic) bond motifs is 3. The summed E-state index contributed by atoms with van der Waals surface area (Å²) in [5.74, 6) is 0.601. The van der Waals surface area contributed by atoms with E-state index in [0.717, 1.165) is 34.2 Å². The van der Waals surface area contributed by atoms with Crippen LogP contribution in [0.25, 0.3) is 11.1 Å². The summed E-state index contributed by atoms with van der Waals surface area (Å²) in [6.07, 6.45) is 0.0742. The average molecular weight is 323 g/mol. The molecular weight excluding hydrogens is 306 g/mol. The van der Waals surface area contributed by atoms with Crippen LogP contribution in [-0.4, -0.2) is 29.8 Å². The molecule has 1 saturated heterocycles. The summed E-state index contributed by atoms with van der Waals surface area (Å²) in [6, 6.07) is 9.70. The number of nitrogens with zero attached hydrogens (tertiary/aromatic N) is 1. The Morgan fingerprint density at radius 1 is 1.38 bits per heavy atom. The van der Waals surface area contributed by atoms with E-state index in [-0.39, 0.29) is 17.9 Å². The summed E-state index contributed by atoms with van der Waals surface area (Å²) < 4.78 is 11.1. The largest absolute Gasteiger partial charge is 0.504 e. The Morgan fingerprint density at radius 3 is 2.96 bits per heavy atom. The van der Waals surface area contributed by atoms with Crippen molar-refractivity contribution >= 4 is 6.09 Å². The SMILES string of the molecule is COc1cc2c3c(c1O)-c1ccccc1[C@@H]1OC(=O)N(CC2)[C@@]31C. The molecule has 2 aromatic carbocycles. The molecule has 2 atom stereocenters. The van der Waals surface area contributed by atoms with E-state index < -0.39 is 5.54 Å². The Balaban J connectivity index is 1.96. The molecule has 122 valence electrons. The fourth-order valence-electron chi connectivity index (χ4n) is 4.65. The van der Waals surface area contributed by atoms with Crippen LogP contribution < -0.4 is 4.74 Å². The summed E-state index contributed by atoms with van der Waals surface area (Å²) in [4.78, 5) is 14.2. The Bertz CT molecular complexity index is 906. The molecular formula is C19H17NO4. The van der Waals surface area contributed by atoms with E-state index in [9.17, 15) is 9.90 Å². The van der Waals surface area contributed by atoms with E-state index in [0.29, 0.717) is 12.3 Å².